The number of rotatable bonds is 6. The maximum absolute atomic E-state index is 11.4. The minimum Gasteiger partial charge on any atom is -0.360 e. The van der Waals surface area contributed by atoms with E-state index < -0.39 is 10.0 Å². The monoisotopic (exact) mass is 302 g/mol. The van der Waals surface area contributed by atoms with E-state index in [1.807, 2.05) is 13.0 Å². The first-order chi connectivity index (χ1) is 9.49. The second kappa shape index (κ2) is 6.66. The predicted molar refractivity (Wildman–Crippen MR) is 75.6 cm³/mol. The van der Waals surface area contributed by atoms with Crippen molar-refractivity contribution in [2.45, 2.75) is 20.0 Å². The Kier molecular flexibility index (Phi) is 5.14. The van der Waals surface area contributed by atoms with Gasteiger partial charge in [0.1, 0.15) is 0 Å². The van der Waals surface area contributed by atoms with Gasteiger partial charge in [-0.05, 0) is 6.54 Å². The summed E-state index contributed by atoms with van der Waals surface area (Å²) in [6.45, 7) is 6.84. The van der Waals surface area contributed by atoms with Crippen LogP contribution in [-0.4, -0.2) is 61.8 Å². The third kappa shape index (κ3) is 4.27. The highest BCUT2D eigenvalue weighted by atomic mass is 32.2. The lowest BCUT2D eigenvalue weighted by Gasteiger charge is -2.32. The zero-order chi connectivity index (χ0) is 14.6. The molecule has 1 aromatic heterocycles. The van der Waals surface area contributed by atoms with Crippen LogP contribution < -0.4 is 5.32 Å². The lowest BCUT2D eigenvalue weighted by molar-refractivity contribution is 0.166. The first-order valence-electron chi connectivity index (χ1n) is 6.81. The van der Waals surface area contributed by atoms with Gasteiger partial charge in [-0.25, -0.2) is 8.42 Å². The average molecular weight is 302 g/mol. The van der Waals surface area contributed by atoms with Gasteiger partial charge >= 0.3 is 0 Å². The largest absolute Gasteiger partial charge is 0.360 e. The van der Waals surface area contributed by atoms with Crippen LogP contribution in [0.1, 0.15) is 18.4 Å². The van der Waals surface area contributed by atoms with Gasteiger partial charge in [-0.1, -0.05) is 12.1 Å². The second-order valence-electron chi connectivity index (χ2n) is 5.00. The van der Waals surface area contributed by atoms with Crippen molar-refractivity contribution >= 4 is 10.0 Å². The van der Waals surface area contributed by atoms with Crippen molar-refractivity contribution in [1.82, 2.24) is 19.7 Å². The number of piperazine rings is 1. The van der Waals surface area contributed by atoms with E-state index in [9.17, 15) is 8.42 Å². The van der Waals surface area contributed by atoms with Crippen molar-refractivity contribution in [3.63, 3.8) is 0 Å². The molecule has 7 nitrogen and oxygen atoms in total. The fourth-order valence-electron chi connectivity index (χ4n) is 2.21. The van der Waals surface area contributed by atoms with E-state index in [4.69, 9.17) is 4.52 Å². The van der Waals surface area contributed by atoms with Crippen LogP contribution in [0.25, 0.3) is 0 Å². The van der Waals surface area contributed by atoms with Gasteiger partial charge in [0, 0.05) is 38.8 Å². The molecule has 0 aromatic carbocycles. The van der Waals surface area contributed by atoms with Crippen LogP contribution >= 0.6 is 0 Å². The number of sulfonamides is 1. The average Bonchev–Trinajstić information content (AvgIpc) is 2.83. The Hall–Kier alpha value is -0.960. The van der Waals surface area contributed by atoms with Crippen molar-refractivity contribution < 1.29 is 12.9 Å². The summed E-state index contributed by atoms with van der Waals surface area (Å²) in [7, 11) is -3.07. The quantitative estimate of drug-likeness (QED) is 0.788. The van der Waals surface area contributed by atoms with Gasteiger partial charge in [-0.3, -0.25) is 4.90 Å². The zero-order valence-electron chi connectivity index (χ0n) is 12.0. The van der Waals surface area contributed by atoms with Gasteiger partial charge in [0.15, 0.2) is 5.76 Å². The summed E-state index contributed by atoms with van der Waals surface area (Å²) >= 11 is 0. The molecular weight excluding hydrogens is 280 g/mol. The lowest BCUT2D eigenvalue weighted by Crippen LogP contribution is -2.47. The Morgan fingerprint density at radius 2 is 2.05 bits per heavy atom. The van der Waals surface area contributed by atoms with Gasteiger partial charge < -0.3 is 9.84 Å². The van der Waals surface area contributed by atoms with Crippen molar-refractivity contribution in [3.8, 4) is 0 Å². The molecule has 8 heteroatoms. The van der Waals surface area contributed by atoms with E-state index >= 15 is 0 Å². The summed E-state index contributed by atoms with van der Waals surface area (Å²) in [5, 5.41) is 7.20. The number of hydrogen-bond acceptors (Lipinski definition) is 6. The summed E-state index contributed by atoms with van der Waals surface area (Å²) in [4.78, 5) is 2.18. The molecule has 20 heavy (non-hydrogen) atoms. The molecule has 1 aliphatic rings. The maximum Gasteiger partial charge on any atom is 0.211 e. The lowest BCUT2D eigenvalue weighted by atomic mass is 10.3. The second-order valence-corrected chi connectivity index (χ2v) is 6.99. The molecular formula is C12H22N4O3S. The normalized spacial score (nSPS) is 18.5. The fourth-order valence-corrected chi connectivity index (χ4v) is 3.03. The van der Waals surface area contributed by atoms with Crippen LogP contribution in [0.3, 0.4) is 0 Å². The Balaban J connectivity index is 1.82. The van der Waals surface area contributed by atoms with Crippen molar-refractivity contribution in [2.75, 3.05) is 39.0 Å². The Morgan fingerprint density at radius 1 is 1.35 bits per heavy atom. The molecule has 2 heterocycles. The summed E-state index contributed by atoms with van der Waals surface area (Å²) in [6.07, 6.45) is 1.26. The number of aromatic nitrogens is 1. The molecule has 2 rings (SSSR count). The standard InChI is InChI=1S/C12H22N4O3S/c1-3-13-9-11-8-12(19-14-11)10-15-4-6-16(7-5-15)20(2,17)18/h8,13H,3-7,9-10H2,1-2H3. The first-order valence-corrected chi connectivity index (χ1v) is 8.66. The van der Waals surface area contributed by atoms with Gasteiger partial charge in [-0.2, -0.15) is 4.31 Å². The Bertz CT molecular complexity index is 521. The van der Waals surface area contributed by atoms with Crippen LogP contribution in [-0.2, 0) is 23.1 Å². The van der Waals surface area contributed by atoms with Crippen molar-refractivity contribution in [2.24, 2.45) is 0 Å². The molecule has 114 valence electrons. The minimum atomic E-state index is -3.07. The zero-order valence-corrected chi connectivity index (χ0v) is 12.8. The van der Waals surface area contributed by atoms with Crippen LogP contribution in [0.4, 0.5) is 0 Å². The fraction of sp³-hybridized carbons (Fsp3) is 0.750. The van der Waals surface area contributed by atoms with Crippen LogP contribution in [0, 0.1) is 0 Å². The minimum absolute atomic E-state index is 0.539. The number of nitrogens with one attached hydrogen (secondary N) is 1. The van der Waals surface area contributed by atoms with Crippen LogP contribution in [0.2, 0.25) is 0 Å². The Labute approximate surface area is 120 Å². The molecule has 0 bridgehead atoms. The highest BCUT2D eigenvalue weighted by Crippen LogP contribution is 2.11. The number of nitrogens with zero attached hydrogens (tertiary/aromatic N) is 3. The van der Waals surface area contributed by atoms with E-state index in [-0.39, 0.29) is 0 Å². The molecule has 0 aliphatic carbocycles. The summed E-state index contributed by atoms with van der Waals surface area (Å²) < 4.78 is 29.7. The molecule has 0 spiro atoms. The third-order valence-corrected chi connectivity index (χ3v) is 4.65. The summed E-state index contributed by atoms with van der Waals surface area (Å²) in [5.74, 6) is 0.825. The van der Waals surface area contributed by atoms with Gasteiger partial charge in [0.05, 0.1) is 18.5 Å². The molecule has 0 amide bonds. The molecule has 1 aliphatic heterocycles. The van der Waals surface area contributed by atoms with E-state index in [0.717, 1.165) is 31.1 Å². The molecule has 1 N–H and O–H groups in total. The topological polar surface area (TPSA) is 78.7 Å². The first kappa shape index (κ1) is 15.4. The van der Waals surface area contributed by atoms with Crippen LogP contribution in [0.15, 0.2) is 10.6 Å². The van der Waals surface area contributed by atoms with E-state index in [0.29, 0.717) is 26.2 Å². The molecule has 1 saturated heterocycles. The molecule has 1 fully saturated rings. The highest BCUT2D eigenvalue weighted by Gasteiger charge is 2.23. The van der Waals surface area contributed by atoms with Gasteiger partial charge in [0.2, 0.25) is 10.0 Å². The van der Waals surface area contributed by atoms with E-state index in [2.05, 4.69) is 15.4 Å². The SMILES string of the molecule is CCNCc1cc(CN2CCN(S(C)(=O)=O)CC2)on1. The molecule has 0 radical (unpaired) electrons. The van der Waals surface area contributed by atoms with Gasteiger partial charge in [0.25, 0.3) is 0 Å². The van der Waals surface area contributed by atoms with E-state index in [1.54, 1.807) is 0 Å². The van der Waals surface area contributed by atoms with Crippen molar-refractivity contribution in [3.05, 3.63) is 17.5 Å². The maximum atomic E-state index is 11.4. The third-order valence-electron chi connectivity index (χ3n) is 3.34. The highest BCUT2D eigenvalue weighted by molar-refractivity contribution is 7.88. The molecule has 0 atom stereocenters. The summed E-state index contributed by atoms with van der Waals surface area (Å²) in [5.41, 5.74) is 0.900. The smallest absolute Gasteiger partial charge is 0.211 e. The molecule has 1 aromatic rings. The predicted octanol–water partition coefficient (Wildman–Crippen LogP) is -0.139. The van der Waals surface area contributed by atoms with Crippen molar-refractivity contribution in [1.29, 1.82) is 0 Å². The number of hydrogen-bond donors (Lipinski definition) is 1. The van der Waals surface area contributed by atoms with E-state index in [1.165, 1.54) is 10.6 Å². The molecule has 0 unspecified atom stereocenters. The van der Waals surface area contributed by atoms with Gasteiger partial charge in [-0.15, -0.1) is 0 Å². The molecule has 0 saturated carbocycles. The van der Waals surface area contributed by atoms with Crippen LogP contribution in [0.5, 0.6) is 0 Å². The summed E-state index contributed by atoms with van der Waals surface area (Å²) in [6, 6.07) is 1.95. The Morgan fingerprint density at radius 3 is 2.65 bits per heavy atom.